The molecule has 128 valence electrons. The first-order valence-electron chi connectivity index (χ1n) is 8.14. The molecule has 0 saturated carbocycles. The van der Waals surface area contributed by atoms with Gasteiger partial charge in [-0.15, -0.1) is 0 Å². The molecule has 4 nitrogen and oxygen atoms in total. The van der Waals surface area contributed by atoms with Crippen molar-refractivity contribution in [3.8, 4) is 11.5 Å². The van der Waals surface area contributed by atoms with Gasteiger partial charge in [0.05, 0.1) is 10.6 Å². The molecule has 0 unspecified atom stereocenters. The van der Waals surface area contributed by atoms with Gasteiger partial charge in [-0.25, -0.2) is 4.98 Å². The van der Waals surface area contributed by atoms with Gasteiger partial charge in [-0.1, -0.05) is 41.9 Å². The van der Waals surface area contributed by atoms with Crippen molar-refractivity contribution in [2.24, 2.45) is 0 Å². The minimum absolute atomic E-state index is 0.159. The predicted molar refractivity (Wildman–Crippen MR) is 104 cm³/mol. The fourth-order valence-corrected chi connectivity index (χ4v) is 2.99. The number of aryl methyl sites for hydroxylation is 1. The van der Waals surface area contributed by atoms with Crippen LogP contribution in [-0.2, 0) is 0 Å². The van der Waals surface area contributed by atoms with Gasteiger partial charge in [0.25, 0.3) is 5.91 Å². The summed E-state index contributed by atoms with van der Waals surface area (Å²) in [6.07, 6.45) is 0. The summed E-state index contributed by atoms with van der Waals surface area (Å²) in [7, 11) is 0. The van der Waals surface area contributed by atoms with Gasteiger partial charge in [-0.2, -0.15) is 0 Å². The molecule has 0 aliphatic rings. The van der Waals surface area contributed by atoms with Gasteiger partial charge in [0, 0.05) is 17.3 Å². The molecule has 1 aromatic heterocycles. The number of carbonyl (C=O) groups excluding carboxylic acids is 1. The first-order valence-corrected chi connectivity index (χ1v) is 8.52. The fourth-order valence-electron chi connectivity index (χ4n) is 2.78. The smallest absolute Gasteiger partial charge is 0.255 e. The molecule has 0 atom stereocenters. The molecule has 4 aromatic rings. The van der Waals surface area contributed by atoms with Gasteiger partial charge < -0.3 is 9.73 Å². The van der Waals surface area contributed by atoms with Crippen LogP contribution in [0.3, 0.4) is 0 Å². The molecule has 4 rings (SSSR count). The number of nitrogens with zero attached hydrogens (tertiary/aromatic N) is 1. The Kier molecular flexibility index (Phi) is 4.19. The second-order valence-electron chi connectivity index (χ2n) is 5.95. The van der Waals surface area contributed by atoms with Crippen LogP contribution in [0.1, 0.15) is 15.9 Å². The molecule has 0 radical (unpaired) electrons. The number of hydrogen-bond acceptors (Lipinski definition) is 3. The predicted octanol–water partition coefficient (Wildman–Crippen LogP) is 5.71. The van der Waals surface area contributed by atoms with E-state index in [2.05, 4.69) is 10.3 Å². The summed E-state index contributed by atoms with van der Waals surface area (Å²) in [5.41, 5.74) is 4.23. The lowest BCUT2D eigenvalue weighted by atomic mass is 10.1. The second kappa shape index (κ2) is 6.65. The van der Waals surface area contributed by atoms with Crippen LogP contribution in [0.15, 0.2) is 71.1 Å². The third-order valence-corrected chi connectivity index (χ3v) is 4.47. The molecule has 0 aliphatic heterocycles. The molecule has 5 heteroatoms. The summed E-state index contributed by atoms with van der Waals surface area (Å²) >= 11 is 6.21. The summed E-state index contributed by atoms with van der Waals surface area (Å²) in [6.45, 7) is 1.91. The van der Waals surface area contributed by atoms with Crippen LogP contribution in [0.25, 0.3) is 22.6 Å². The highest BCUT2D eigenvalue weighted by Gasteiger charge is 2.13. The highest BCUT2D eigenvalue weighted by molar-refractivity contribution is 6.33. The largest absolute Gasteiger partial charge is 0.436 e. The van der Waals surface area contributed by atoms with E-state index < -0.39 is 0 Å². The Hall–Kier alpha value is -3.11. The Labute approximate surface area is 155 Å². The quantitative estimate of drug-likeness (QED) is 0.508. The number of amides is 1. The van der Waals surface area contributed by atoms with Crippen molar-refractivity contribution in [2.45, 2.75) is 6.92 Å². The van der Waals surface area contributed by atoms with Crippen LogP contribution >= 0.6 is 11.6 Å². The maximum atomic E-state index is 12.5. The van der Waals surface area contributed by atoms with Crippen molar-refractivity contribution in [1.82, 2.24) is 4.98 Å². The third-order valence-electron chi connectivity index (χ3n) is 4.14. The SMILES string of the molecule is Cc1ccccc1C(=O)Nc1ccc2nc(-c3ccccc3Cl)oc2c1. The Balaban J connectivity index is 1.65. The molecular formula is C21H15ClN2O2. The maximum absolute atomic E-state index is 12.5. The fraction of sp³-hybridized carbons (Fsp3) is 0.0476. The number of nitrogens with one attached hydrogen (secondary N) is 1. The number of halogens is 1. The third kappa shape index (κ3) is 3.07. The summed E-state index contributed by atoms with van der Waals surface area (Å²) in [5.74, 6) is 0.293. The lowest BCUT2D eigenvalue weighted by Crippen LogP contribution is -2.13. The highest BCUT2D eigenvalue weighted by atomic mass is 35.5. The minimum Gasteiger partial charge on any atom is -0.436 e. The van der Waals surface area contributed by atoms with Crippen LogP contribution in [-0.4, -0.2) is 10.9 Å². The van der Waals surface area contributed by atoms with E-state index in [1.54, 1.807) is 24.3 Å². The van der Waals surface area contributed by atoms with Gasteiger partial charge in [-0.05, 0) is 42.8 Å². The van der Waals surface area contributed by atoms with Crippen LogP contribution < -0.4 is 5.32 Å². The zero-order valence-corrected chi connectivity index (χ0v) is 14.7. The zero-order valence-electron chi connectivity index (χ0n) is 14.0. The average Bonchev–Trinajstić information content (AvgIpc) is 3.05. The van der Waals surface area contributed by atoms with Gasteiger partial charge in [-0.3, -0.25) is 4.79 Å². The Morgan fingerprint density at radius 2 is 1.81 bits per heavy atom. The van der Waals surface area contributed by atoms with Gasteiger partial charge in [0.15, 0.2) is 5.58 Å². The van der Waals surface area contributed by atoms with Crippen molar-refractivity contribution >= 4 is 34.3 Å². The summed E-state index contributed by atoms with van der Waals surface area (Å²) in [4.78, 5) is 16.9. The summed E-state index contributed by atoms with van der Waals surface area (Å²) < 4.78 is 5.84. The molecule has 0 fully saturated rings. The molecule has 0 saturated heterocycles. The van der Waals surface area contributed by atoms with Gasteiger partial charge >= 0.3 is 0 Å². The molecule has 0 spiro atoms. The van der Waals surface area contributed by atoms with Gasteiger partial charge in [0.1, 0.15) is 5.52 Å². The Bertz CT molecular complexity index is 1120. The number of benzene rings is 3. The summed E-state index contributed by atoms with van der Waals surface area (Å²) in [6, 6.07) is 20.2. The lowest BCUT2D eigenvalue weighted by Gasteiger charge is -2.07. The number of fused-ring (bicyclic) bond motifs is 1. The summed E-state index contributed by atoms with van der Waals surface area (Å²) in [5, 5.41) is 3.47. The minimum atomic E-state index is -0.159. The Morgan fingerprint density at radius 1 is 1.04 bits per heavy atom. The van der Waals surface area contributed by atoms with E-state index in [0.717, 1.165) is 11.1 Å². The molecule has 3 aromatic carbocycles. The molecule has 1 heterocycles. The molecule has 1 N–H and O–H groups in total. The van der Waals surface area contributed by atoms with E-state index in [0.29, 0.717) is 33.3 Å². The number of rotatable bonds is 3. The van der Waals surface area contributed by atoms with Crippen molar-refractivity contribution < 1.29 is 9.21 Å². The number of aromatic nitrogens is 1. The van der Waals surface area contributed by atoms with Crippen LogP contribution in [0.4, 0.5) is 5.69 Å². The van der Waals surface area contributed by atoms with Crippen molar-refractivity contribution in [3.63, 3.8) is 0 Å². The van der Waals surface area contributed by atoms with E-state index in [1.807, 2.05) is 49.4 Å². The van der Waals surface area contributed by atoms with Crippen molar-refractivity contribution in [1.29, 1.82) is 0 Å². The maximum Gasteiger partial charge on any atom is 0.255 e. The van der Waals surface area contributed by atoms with E-state index in [-0.39, 0.29) is 5.91 Å². The van der Waals surface area contributed by atoms with E-state index in [4.69, 9.17) is 16.0 Å². The van der Waals surface area contributed by atoms with E-state index in [9.17, 15) is 4.79 Å². The zero-order chi connectivity index (χ0) is 18.1. The van der Waals surface area contributed by atoms with Crippen LogP contribution in [0.2, 0.25) is 5.02 Å². The van der Waals surface area contributed by atoms with Crippen molar-refractivity contribution in [2.75, 3.05) is 5.32 Å². The number of hydrogen-bond donors (Lipinski definition) is 1. The van der Waals surface area contributed by atoms with Gasteiger partial charge in [0.2, 0.25) is 5.89 Å². The topological polar surface area (TPSA) is 55.1 Å². The number of oxazole rings is 1. The molecule has 0 bridgehead atoms. The Morgan fingerprint density at radius 3 is 2.62 bits per heavy atom. The first kappa shape index (κ1) is 16.4. The molecule has 1 amide bonds. The molecule has 26 heavy (non-hydrogen) atoms. The lowest BCUT2D eigenvalue weighted by molar-refractivity contribution is 0.102. The van der Waals surface area contributed by atoms with Crippen molar-refractivity contribution in [3.05, 3.63) is 82.9 Å². The normalized spacial score (nSPS) is 10.8. The monoisotopic (exact) mass is 362 g/mol. The second-order valence-corrected chi connectivity index (χ2v) is 6.36. The van der Waals surface area contributed by atoms with Crippen LogP contribution in [0.5, 0.6) is 0 Å². The first-order chi connectivity index (χ1) is 12.6. The molecular weight excluding hydrogens is 348 g/mol. The van der Waals surface area contributed by atoms with Crippen LogP contribution in [0, 0.1) is 6.92 Å². The highest BCUT2D eigenvalue weighted by Crippen LogP contribution is 2.30. The average molecular weight is 363 g/mol. The van der Waals surface area contributed by atoms with E-state index in [1.165, 1.54) is 0 Å². The van der Waals surface area contributed by atoms with E-state index >= 15 is 0 Å². The standard InChI is InChI=1S/C21H15ClN2O2/c1-13-6-2-3-7-15(13)20(25)23-14-10-11-18-19(12-14)26-21(24-18)16-8-4-5-9-17(16)22/h2-12H,1H3,(H,23,25). The number of carbonyl (C=O) groups is 1. The molecule has 0 aliphatic carbocycles. The number of anilines is 1.